The van der Waals surface area contributed by atoms with Crippen molar-refractivity contribution < 1.29 is 8.42 Å². The highest BCUT2D eigenvalue weighted by Crippen LogP contribution is 2.33. The van der Waals surface area contributed by atoms with E-state index < -0.39 is 10.0 Å². The van der Waals surface area contributed by atoms with Crippen molar-refractivity contribution in [1.82, 2.24) is 34.3 Å². The zero-order chi connectivity index (χ0) is 16.7. The third-order valence-electron chi connectivity index (χ3n) is 3.67. The Labute approximate surface area is 150 Å². The van der Waals surface area contributed by atoms with Gasteiger partial charge in [-0.3, -0.25) is 0 Å². The number of halogens is 1. The number of aromatic nitrogens is 6. The van der Waals surface area contributed by atoms with Crippen LogP contribution in [-0.2, 0) is 16.6 Å². The molecular weight excluding hydrogens is 418 g/mol. The van der Waals surface area contributed by atoms with Crippen LogP contribution >= 0.6 is 27.3 Å². The van der Waals surface area contributed by atoms with E-state index in [1.54, 1.807) is 35.4 Å². The van der Waals surface area contributed by atoms with Crippen LogP contribution in [0.3, 0.4) is 0 Å². The molecule has 9 nitrogen and oxygen atoms in total. The SMILES string of the molecule is O=S(=O)(c1ccc(Br)s1)N1CC(n2cc(Cn3nccn3)nn2)C1. The van der Waals surface area contributed by atoms with E-state index >= 15 is 0 Å². The average Bonchev–Trinajstić information content (AvgIpc) is 3.20. The lowest BCUT2D eigenvalue weighted by Gasteiger charge is -2.37. The molecule has 126 valence electrons. The van der Waals surface area contributed by atoms with Crippen molar-refractivity contribution in [2.75, 3.05) is 13.1 Å². The molecule has 1 aliphatic rings. The predicted octanol–water partition coefficient (Wildman–Crippen LogP) is 0.987. The molecule has 12 heteroatoms. The first kappa shape index (κ1) is 15.9. The first-order chi connectivity index (χ1) is 11.5. The van der Waals surface area contributed by atoms with E-state index in [1.165, 1.54) is 20.4 Å². The van der Waals surface area contributed by atoms with Crippen molar-refractivity contribution in [3.8, 4) is 0 Å². The molecule has 3 aromatic heterocycles. The summed E-state index contributed by atoms with van der Waals surface area (Å²) in [5, 5.41) is 16.2. The fourth-order valence-corrected chi connectivity index (χ4v) is 6.06. The minimum absolute atomic E-state index is 0.00462. The van der Waals surface area contributed by atoms with Gasteiger partial charge in [0.2, 0.25) is 0 Å². The van der Waals surface area contributed by atoms with Gasteiger partial charge in [-0.05, 0) is 28.1 Å². The lowest BCUT2D eigenvalue weighted by molar-refractivity contribution is 0.189. The van der Waals surface area contributed by atoms with Crippen LogP contribution < -0.4 is 0 Å². The van der Waals surface area contributed by atoms with Crippen molar-refractivity contribution in [1.29, 1.82) is 0 Å². The summed E-state index contributed by atoms with van der Waals surface area (Å²) in [4.78, 5) is 1.51. The third kappa shape index (κ3) is 2.90. The van der Waals surface area contributed by atoms with Crippen LogP contribution in [0.25, 0.3) is 0 Å². The fourth-order valence-electron chi connectivity index (χ4n) is 2.38. The molecular formula is C12H12BrN7O2S2. The molecule has 1 fully saturated rings. The molecule has 1 aliphatic heterocycles. The van der Waals surface area contributed by atoms with E-state index in [0.29, 0.717) is 23.8 Å². The molecule has 0 aromatic carbocycles. The molecule has 0 atom stereocenters. The molecule has 0 bridgehead atoms. The summed E-state index contributed by atoms with van der Waals surface area (Å²) in [6.45, 7) is 1.21. The summed E-state index contributed by atoms with van der Waals surface area (Å²) in [6.07, 6.45) is 5.00. The molecule has 0 saturated carbocycles. The minimum Gasteiger partial charge on any atom is -0.246 e. The maximum atomic E-state index is 12.5. The summed E-state index contributed by atoms with van der Waals surface area (Å²) in [5.74, 6) is 0. The Bertz CT molecular complexity index is 944. The first-order valence-corrected chi connectivity index (χ1v) is 10.1. The lowest BCUT2D eigenvalue weighted by Crippen LogP contribution is -2.50. The summed E-state index contributed by atoms with van der Waals surface area (Å²) in [7, 11) is -3.42. The highest BCUT2D eigenvalue weighted by Gasteiger charge is 2.39. The largest absolute Gasteiger partial charge is 0.252 e. The fraction of sp³-hybridized carbons (Fsp3) is 0.333. The molecule has 0 aliphatic carbocycles. The second-order valence-corrected chi connectivity index (χ2v) is 9.91. The van der Waals surface area contributed by atoms with Gasteiger partial charge >= 0.3 is 0 Å². The van der Waals surface area contributed by atoms with Crippen molar-refractivity contribution >= 4 is 37.3 Å². The van der Waals surface area contributed by atoms with Gasteiger partial charge in [0.25, 0.3) is 10.0 Å². The van der Waals surface area contributed by atoms with Gasteiger partial charge in [-0.25, -0.2) is 13.1 Å². The Morgan fingerprint density at radius 3 is 2.67 bits per heavy atom. The first-order valence-electron chi connectivity index (χ1n) is 7.03. The molecule has 0 radical (unpaired) electrons. The second-order valence-electron chi connectivity index (χ2n) is 5.28. The predicted molar refractivity (Wildman–Crippen MR) is 89.0 cm³/mol. The zero-order valence-electron chi connectivity index (χ0n) is 12.2. The maximum Gasteiger partial charge on any atom is 0.252 e. The molecule has 0 unspecified atom stereocenters. The molecule has 0 spiro atoms. The topological polar surface area (TPSA) is 98.8 Å². The molecule has 24 heavy (non-hydrogen) atoms. The number of hydrogen-bond donors (Lipinski definition) is 0. The van der Waals surface area contributed by atoms with Crippen LogP contribution in [0, 0.1) is 0 Å². The summed E-state index contributed by atoms with van der Waals surface area (Å²) in [6, 6.07) is 3.35. The molecule has 4 heterocycles. The van der Waals surface area contributed by atoms with Gasteiger partial charge in [0, 0.05) is 13.1 Å². The summed E-state index contributed by atoms with van der Waals surface area (Å²) in [5.41, 5.74) is 0.731. The maximum absolute atomic E-state index is 12.5. The quantitative estimate of drug-likeness (QED) is 0.599. The van der Waals surface area contributed by atoms with E-state index in [9.17, 15) is 8.42 Å². The van der Waals surface area contributed by atoms with Crippen LogP contribution in [-0.4, -0.2) is 55.8 Å². The van der Waals surface area contributed by atoms with Gasteiger partial charge in [-0.15, -0.1) is 16.4 Å². The number of sulfonamides is 1. The third-order valence-corrected chi connectivity index (χ3v) is 7.60. The molecule has 0 N–H and O–H groups in total. The monoisotopic (exact) mass is 429 g/mol. The minimum atomic E-state index is -3.42. The van der Waals surface area contributed by atoms with Gasteiger partial charge < -0.3 is 0 Å². The molecule has 1 saturated heterocycles. The second kappa shape index (κ2) is 6.02. The van der Waals surface area contributed by atoms with Gasteiger partial charge in [0.1, 0.15) is 16.4 Å². The molecule has 4 rings (SSSR count). The molecule has 3 aromatic rings. The van der Waals surface area contributed by atoms with Crippen LogP contribution in [0.1, 0.15) is 11.7 Å². The van der Waals surface area contributed by atoms with Crippen molar-refractivity contribution in [2.45, 2.75) is 16.8 Å². The Hall–Kier alpha value is -1.63. The van der Waals surface area contributed by atoms with E-state index in [2.05, 4.69) is 36.4 Å². The van der Waals surface area contributed by atoms with Gasteiger partial charge in [0.05, 0.1) is 28.4 Å². The van der Waals surface area contributed by atoms with E-state index in [-0.39, 0.29) is 6.04 Å². The Morgan fingerprint density at radius 2 is 2.00 bits per heavy atom. The highest BCUT2D eigenvalue weighted by atomic mass is 79.9. The van der Waals surface area contributed by atoms with Crippen LogP contribution in [0.2, 0.25) is 0 Å². The number of nitrogens with zero attached hydrogens (tertiary/aromatic N) is 7. The normalized spacial score (nSPS) is 16.4. The van der Waals surface area contributed by atoms with Gasteiger partial charge in [0.15, 0.2) is 0 Å². The van der Waals surface area contributed by atoms with Crippen LogP contribution in [0.5, 0.6) is 0 Å². The van der Waals surface area contributed by atoms with Gasteiger partial charge in [-0.2, -0.15) is 19.3 Å². The summed E-state index contributed by atoms with van der Waals surface area (Å²) >= 11 is 4.50. The van der Waals surface area contributed by atoms with Crippen molar-refractivity contribution in [2.24, 2.45) is 0 Å². The van der Waals surface area contributed by atoms with Crippen molar-refractivity contribution in [3.63, 3.8) is 0 Å². The highest BCUT2D eigenvalue weighted by molar-refractivity contribution is 9.11. The Kier molecular flexibility index (Phi) is 3.98. The lowest BCUT2D eigenvalue weighted by atomic mass is 10.2. The summed E-state index contributed by atoms with van der Waals surface area (Å²) < 4.78 is 29.2. The Morgan fingerprint density at radius 1 is 1.25 bits per heavy atom. The number of thiophene rings is 1. The van der Waals surface area contributed by atoms with Gasteiger partial charge in [-0.1, -0.05) is 5.21 Å². The van der Waals surface area contributed by atoms with Crippen LogP contribution in [0.15, 0.2) is 38.7 Å². The standard InChI is InChI=1S/C12H12BrN7O2S2/c13-11-1-2-12(23-11)24(21,22)18-7-10(8-18)19-5-9(16-17-19)6-20-14-3-4-15-20/h1-5,10H,6-8H2. The van der Waals surface area contributed by atoms with E-state index in [1.807, 2.05) is 0 Å². The number of hydrogen-bond acceptors (Lipinski definition) is 7. The smallest absolute Gasteiger partial charge is 0.246 e. The van der Waals surface area contributed by atoms with E-state index in [0.717, 1.165) is 9.48 Å². The molecule has 0 amide bonds. The van der Waals surface area contributed by atoms with Crippen molar-refractivity contribution in [3.05, 3.63) is 40.2 Å². The average molecular weight is 430 g/mol. The van der Waals surface area contributed by atoms with Crippen LogP contribution in [0.4, 0.5) is 0 Å². The Balaban J connectivity index is 1.41. The van der Waals surface area contributed by atoms with E-state index in [4.69, 9.17) is 0 Å². The number of rotatable bonds is 5. The zero-order valence-corrected chi connectivity index (χ0v) is 15.4.